The van der Waals surface area contributed by atoms with Gasteiger partial charge in [-0.1, -0.05) is 78.9 Å². The molecule has 4 nitrogen and oxygen atoms in total. The third-order valence-electron chi connectivity index (χ3n) is 5.21. The Balaban J connectivity index is 1.67. The van der Waals surface area contributed by atoms with Crippen molar-refractivity contribution in [3.8, 4) is 0 Å². The largest absolute Gasteiger partial charge is 0.368 e. The van der Waals surface area contributed by atoms with Crippen molar-refractivity contribution in [1.82, 2.24) is 5.32 Å². The molecule has 0 radical (unpaired) electrons. The van der Waals surface area contributed by atoms with E-state index in [1.807, 2.05) is 78.9 Å². The van der Waals surface area contributed by atoms with Crippen LogP contribution < -0.4 is 11.1 Å². The van der Waals surface area contributed by atoms with Gasteiger partial charge in [0.2, 0.25) is 5.91 Å². The number of hydrogen-bond acceptors (Lipinski definition) is 2. The van der Waals surface area contributed by atoms with Crippen LogP contribution in [-0.4, -0.2) is 17.9 Å². The zero-order valence-electron chi connectivity index (χ0n) is 16.0. The highest BCUT2D eigenvalue weighted by Gasteiger charge is 2.21. The maximum atomic E-state index is 13.3. The van der Waals surface area contributed by atoms with E-state index in [9.17, 15) is 9.59 Å². The normalized spacial score (nSPS) is 12.0. The molecule has 0 bridgehead atoms. The van der Waals surface area contributed by atoms with Crippen molar-refractivity contribution >= 4 is 33.4 Å². The van der Waals surface area contributed by atoms with Gasteiger partial charge in [-0.05, 0) is 46.0 Å². The van der Waals surface area contributed by atoms with E-state index < -0.39 is 11.9 Å². The molecule has 3 N–H and O–H groups in total. The molecule has 0 spiro atoms. The lowest BCUT2D eigenvalue weighted by atomic mass is 9.95. The molecule has 0 saturated carbocycles. The molecule has 0 heterocycles. The van der Waals surface area contributed by atoms with Gasteiger partial charge in [-0.2, -0.15) is 0 Å². The van der Waals surface area contributed by atoms with Gasteiger partial charge in [0.1, 0.15) is 6.04 Å². The number of rotatable bonds is 6. The summed E-state index contributed by atoms with van der Waals surface area (Å²) in [5.74, 6) is -0.811. The average Bonchev–Trinajstić information content (AvgIpc) is 2.75. The van der Waals surface area contributed by atoms with Crippen molar-refractivity contribution in [1.29, 1.82) is 0 Å². The monoisotopic (exact) mass is 382 g/mol. The Bertz CT molecular complexity index is 1130. The second-order valence-electron chi connectivity index (χ2n) is 7.15. The summed E-state index contributed by atoms with van der Waals surface area (Å²) >= 11 is 0. The van der Waals surface area contributed by atoms with Gasteiger partial charge in [0.25, 0.3) is 5.91 Å². The van der Waals surface area contributed by atoms with Crippen molar-refractivity contribution in [2.45, 2.75) is 18.9 Å². The first-order valence-electron chi connectivity index (χ1n) is 9.68. The summed E-state index contributed by atoms with van der Waals surface area (Å²) < 4.78 is 0. The number of hydrogen-bond donors (Lipinski definition) is 2. The van der Waals surface area contributed by atoms with Gasteiger partial charge < -0.3 is 11.1 Å². The van der Waals surface area contributed by atoms with E-state index in [0.29, 0.717) is 18.4 Å². The average molecular weight is 382 g/mol. The number of nitrogens with one attached hydrogen (secondary N) is 1. The van der Waals surface area contributed by atoms with Gasteiger partial charge in [-0.3, -0.25) is 9.59 Å². The van der Waals surface area contributed by atoms with Crippen LogP contribution in [0.4, 0.5) is 0 Å². The smallest absolute Gasteiger partial charge is 0.253 e. The van der Waals surface area contributed by atoms with Crippen molar-refractivity contribution in [2.75, 3.05) is 0 Å². The zero-order valence-corrected chi connectivity index (χ0v) is 16.0. The van der Waals surface area contributed by atoms with E-state index >= 15 is 0 Å². The molecule has 2 amide bonds. The highest BCUT2D eigenvalue weighted by Crippen LogP contribution is 2.28. The molecule has 4 rings (SSSR count). The predicted molar refractivity (Wildman–Crippen MR) is 117 cm³/mol. The first-order chi connectivity index (χ1) is 14.1. The standard InChI is InChI=1S/C25H22N2O2/c26-24(28)22(15-14-17-8-2-1-3-9-17)27-25(29)23-20-12-6-4-10-18(20)16-19-11-5-7-13-21(19)23/h1-13,16,22H,14-15H2,(H2,26,28)(H,27,29)/t22-/m1/s1. The minimum atomic E-state index is -0.736. The van der Waals surface area contributed by atoms with Gasteiger partial charge in [-0.15, -0.1) is 0 Å². The molecule has 0 fully saturated rings. The molecule has 4 heteroatoms. The molecule has 0 aromatic heterocycles. The highest BCUT2D eigenvalue weighted by atomic mass is 16.2. The molecule has 4 aromatic rings. The summed E-state index contributed by atoms with van der Waals surface area (Å²) in [5, 5.41) is 6.55. The van der Waals surface area contributed by atoms with Crippen LogP contribution in [0.1, 0.15) is 22.3 Å². The Labute approximate surface area is 169 Å². The SMILES string of the molecule is NC(=O)[C@@H](CCc1ccccc1)NC(=O)c1c2ccccc2cc2ccccc12. The van der Waals surface area contributed by atoms with Crippen LogP contribution in [0.5, 0.6) is 0 Å². The van der Waals surface area contributed by atoms with Crippen LogP contribution in [0.3, 0.4) is 0 Å². The Kier molecular flexibility index (Phi) is 5.25. The molecule has 0 unspecified atom stereocenters. The fourth-order valence-electron chi connectivity index (χ4n) is 3.73. The van der Waals surface area contributed by atoms with Gasteiger partial charge in [0.15, 0.2) is 0 Å². The maximum absolute atomic E-state index is 13.3. The van der Waals surface area contributed by atoms with E-state index in [-0.39, 0.29) is 5.91 Å². The topological polar surface area (TPSA) is 72.2 Å². The number of carbonyl (C=O) groups is 2. The van der Waals surface area contributed by atoms with E-state index in [2.05, 4.69) is 11.4 Å². The molecular weight excluding hydrogens is 360 g/mol. The lowest BCUT2D eigenvalue weighted by Gasteiger charge is -2.18. The van der Waals surface area contributed by atoms with Crippen LogP contribution in [0, 0.1) is 0 Å². The fourth-order valence-corrected chi connectivity index (χ4v) is 3.73. The molecule has 0 saturated heterocycles. The number of primary amides is 1. The number of amides is 2. The highest BCUT2D eigenvalue weighted by molar-refractivity contribution is 6.18. The molecule has 0 aliphatic rings. The zero-order chi connectivity index (χ0) is 20.2. The second-order valence-corrected chi connectivity index (χ2v) is 7.15. The first kappa shape index (κ1) is 18.7. The minimum Gasteiger partial charge on any atom is -0.368 e. The molecule has 4 aromatic carbocycles. The van der Waals surface area contributed by atoms with Gasteiger partial charge in [-0.25, -0.2) is 0 Å². The van der Waals surface area contributed by atoms with Crippen molar-refractivity contribution < 1.29 is 9.59 Å². The third-order valence-corrected chi connectivity index (χ3v) is 5.21. The summed E-state index contributed by atoms with van der Waals surface area (Å²) in [5.41, 5.74) is 7.27. The first-order valence-corrected chi connectivity index (χ1v) is 9.68. The summed E-state index contributed by atoms with van der Waals surface area (Å²) in [6, 6.07) is 26.7. The molecule has 0 aliphatic heterocycles. The van der Waals surface area contributed by atoms with Crippen LogP contribution in [-0.2, 0) is 11.2 Å². The van der Waals surface area contributed by atoms with Gasteiger partial charge >= 0.3 is 0 Å². The fraction of sp³-hybridized carbons (Fsp3) is 0.120. The Hall–Kier alpha value is -3.66. The Morgan fingerprint density at radius 3 is 1.93 bits per heavy atom. The van der Waals surface area contributed by atoms with Crippen molar-refractivity contribution in [2.24, 2.45) is 5.73 Å². The number of nitrogens with two attached hydrogens (primary N) is 1. The van der Waals surface area contributed by atoms with Crippen LogP contribution >= 0.6 is 0 Å². The molecule has 0 aliphatic carbocycles. The van der Waals surface area contributed by atoms with E-state index in [4.69, 9.17) is 5.73 Å². The van der Waals surface area contributed by atoms with Crippen LogP contribution in [0.25, 0.3) is 21.5 Å². The minimum absolute atomic E-state index is 0.283. The van der Waals surface area contributed by atoms with Gasteiger partial charge in [0.05, 0.1) is 5.56 Å². The summed E-state index contributed by atoms with van der Waals surface area (Å²) in [4.78, 5) is 25.3. The lowest BCUT2D eigenvalue weighted by Crippen LogP contribution is -2.44. The second kappa shape index (κ2) is 8.15. The number of aryl methyl sites for hydroxylation is 1. The van der Waals surface area contributed by atoms with Crippen LogP contribution in [0.15, 0.2) is 84.9 Å². The summed E-state index contributed by atoms with van der Waals surface area (Å²) in [7, 11) is 0. The molecule has 29 heavy (non-hydrogen) atoms. The van der Waals surface area contributed by atoms with E-state index in [1.54, 1.807) is 0 Å². The lowest BCUT2D eigenvalue weighted by molar-refractivity contribution is -0.120. The Morgan fingerprint density at radius 2 is 1.34 bits per heavy atom. The van der Waals surface area contributed by atoms with Crippen LogP contribution in [0.2, 0.25) is 0 Å². The quantitative estimate of drug-likeness (QED) is 0.490. The molecule has 144 valence electrons. The summed E-state index contributed by atoms with van der Waals surface area (Å²) in [6.45, 7) is 0. The number of carbonyl (C=O) groups excluding carboxylic acids is 2. The number of fused-ring (bicyclic) bond motifs is 2. The van der Waals surface area contributed by atoms with E-state index in [1.165, 1.54) is 0 Å². The Morgan fingerprint density at radius 1 is 0.793 bits per heavy atom. The maximum Gasteiger partial charge on any atom is 0.253 e. The predicted octanol–water partition coefficient (Wildman–Crippen LogP) is 4.21. The third kappa shape index (κ3) is 3.97. The summed E-state index contributed by atoms with van der Waals surface area (Å²) in [6.07, 6.45) is 1.11. The number of benzene rings is 4. The van der Waals surface area contributed by atoms with Gasteiger partial charge in [0, 0.05) is 0 Å². The molecule has 1 atom stereocenters. The molecular formula is C25H22N2O2. The van der Waals surface area contributed by atoms with Crippen molar-refractivity contribution in [3.05, 3.63) is 96.1 Å². The van der Waals surface area contributed by atoms with Crippen molar-refractivity contribution in [3.63, 3.8) is 0 Å². The van der Waals surface area contributed by atoms with E-state index in [0.717, 1.165) is 27.1 Å².